The van der Waals surface area contributed by atoms with Crippen molar-refractivity contribution in [1.29, 1.82) is 0 Å². The number of anilines is 1. The van der Waals surface area contributed by atoms with Crippen molar-refractivity contribution in [1.82, 2.24) is 5.32 Å². The van der Waals surface area contributed by atoms with Gasteiger partial charge in [0.15, 0.2) is 18.1 Å². The summed E-state index contributed by atoms with van der Waals surface area (Å²) < 4.78 is 21.6. The largest absolute Gasteiger partial charge is 0.477 e. The topological polar surface area (TPSA) is 90.2 Å². The van der Waals surface area contributed by atoms with E-state index in [1.165, 1.54) is 17.9 Å². The number of carbonyl (C=O) groups excluding carboxylic acids is 1. The molecule has 1 N–H and O–H groups in total. The lowest BCUT2D eigenvalue weighted by Crippen LogP contribution is -2.29. The summed E-state index contributed by atoms with van der Waals surface area (Å²) in [6.07, 6.45) is 2.24. The summed E-state index contributed by atoms with van der Waals surface area (Å²) in [4.78, 5) is 26.7. The van der Waals surface area contributed by atoms with E-state index in [2.05, 4.69) is 22.3 Å². The lowest BCUT2D eigenvalue weighted by molar-refractivity contribution is -0.123. The fourth-order valence-electron chi connectivity index (χ4n) is 3.83. The fraction of sp³-hybridized carbons (Fsp3) is 0.250. The number of nitrogens with zero attached hydrogens (tertiary/aromatic N) is 1. The van der Waals surface area contributed by atoms with Crippen LogP contribution in [-0.2, 0) is 24.3 Å². The van der Waals surface area contributed by atoms with Crippen molar-refractivity contribution in [2.24, 2.45) is 0 Å². The number of para-hydroxylation sites is 1. The van der Waals surface area contributed by atoms with E-state index in [4.69, 9.17) is 18.6 Å². The highest BCUT2D eigenvalue weighted by Crippen LogP contribution is 2.32. The first kappa shape index (κ1) is 20.0. The fourth-order valence-corrected chi connectivity index (χ4v) is 3.83. The molecule has 2 aliphatic rings. The maximum Gasteiger partial charge on any atom is 0.258 e. The quantitative estimate of drug-likeness (QED) is 0.611. The third-order valence-electron chi connectivity index (χ3n) is 5.47. The predicted molar refractivity (Wildman–Crippen MR) is 116 cm³/mol. The summed E-state index contributed by atoms with van der Waals surface area (Å²) in [5.41, 5.74) is 3.01. The highest BCUT2D eigenvalue weighted by Gasteiger charge is 2.20. The van der Waals surface area contributed by atoms with Gasteiger partial charge in [0.1, 0.15) is 12.0 Å². The first-order chi connectivity index (χ1) is 15.7. The zero-order valence-corrected chi connectivity index (χ0v) is 17.3. The van der Waals surface area contributed by atoms with E-state index < -0.39 is 0 Å². The van der Waals surface area contributed by atoms with Gasteiger partial charge in [-0.1, -0.05) is 24.3 Å². The molecular formula is C24H22N2O6. The molecule has 0 aliphatic carbocycles. The third-order valence-corrected chi connectivity index (χ3v) is 5.47. The molecule has 0 spiro atoms. The Hall–Kier alpha value is -3.94. The van der Waals surface area contributed by atoms with Crippen molar-refractivity contribution in [3.8, 4) is 17.2 Å². The second-order valence-corrected chi connectivity index (χ2v) is 7.63. The average molecular weight is 434 g/mol. The van der Waals surface area contributed by atoms with Crippen molar-refractivity contribution in [3.05, 3.63) is 81.9 Å². The highest BCUT2D eigenvalue weighted by molar-refractivity contribution is 5.77. The first-order valence-corrected chi connectivity index (χ1v) is 10.4. The van der Waals surface area contributed by atoms with Crippen LogP contribution in [0.5, 0.6) is 17.2 Å². The zero-order valence-electron chi connectivity index (χ0n) is 17.3. The van der Waals surface area contributed by atoms with Crippen LogP contribution in [0.3, 0.4) is 0 Å². The smallest absolute Gasteiger partial charge is 0.258 e. The van der Waals surface area contributed by atoms with E-state index in [-0.39, 0.29) is 30.5 Å². The molecular weight excluding hydrogens is 412 g/mol. The molecule has 5 rings (SSSR count). The van der Waals surface area contributed by atoms with Gasteiger partial charge < -0.3 is 28.8 Å². The minimum absolute atomic E-state index is 0.00815. The molecule has 2 aromatic carbocycles. The molecule has 1 aromatic heterocycles. The van der Waals surface area contributed by atoms with E-state index in [1.54, 1.807) is 6.07 Å². The van der Waals surface area contributed by atoms with E-state index >= 15 is 0 Å². The standard InChI is InChI=1S/C24H22N2O6/c27-20-10-18(12-26-8-7-17-3-1-2-4-19(17)26)29-13-23(20)30-14-24(28)25-11-16-5-6-21-22(9-16)32-15-31-21/h1-6,9-10,13H,7-8,11-12,14-15H2,(H,25,28). The van der Waals surface area contributed by atoms with Gasteiger partial charge in [-0.25, -0.2) is 0 Å². The molecule has 8 heteroatoms. The Labute approximate surface area is 184 Å². The molecule has 2 aliphatic heterocycles. The number of nitrogens with one attached hydrogen (secondary N) is 1. The minimum atomic E-state index is -0.347. The number of ether oxygens (including phenoxy) is 3. The summed E-state index contributed by atoms with van der Waals surface area (Å²) in [6.45, 7) is 1.61. The van der Waals surface area contributed by atoms with Gasteiger partial charge >= 0.3 is 0 Å². The van der Waals surface area contributed by atoms with Crippen molar-refractivity contribution >= 4 is 11.6 Å². The summed E-state index contributed by atoms with van der Waals surface area (Å²) in [6, 6.07) is 15.1. The predicted octanol–water partition coefficient (Wildman–Crippen LogP) is 2.63. The maximum atomic E-state index is 12.4. The van der Waals surface area contributed by atoms with Gasteiger partial charge in [0.2, 0.25) is 18.0 Å². The molecule has 0 unspecified atom stereocenters. The first-order valence-electron chi connectivity index (χ1n) is 10.4. The van der Waals surface area contributed by atoms with Crippen LogP contribution in [0.2, 0.25) is 0 Å². The summed E-state index contributed by atoms with van der Waals surface area (Å²) in [5.74, 6) is 1.55. The molecule has 0 fully saturated rings. The van der Waals surface area contributed by atoms with E-state index in [9.17, 15) is 9.59 Å². The number of fused-ring (bicyclic) bond motifs is 2. The Bertz CT molecular complexity index is 1210. The number of rotatable bonds is 7. The van der Waals surface area contributed by atoms with Gasteiger partial charge in [-0.05, 0) is 35.7 Å². The average Bonchev–Trinajstić information content (AvgIpc) is 3.44. The molecule has 0 atom stereocenters. The third kappa shape index (κ3) is 4.25. The molecule has 0 radical (unpaired) electrons. The van der Waals surface area contributed by atoms with Crippen LogP contribution in [0.25, 0.3) is 0 Å². The number of hydrogen-bond donors (Lipinski definition) is 1. The van der Waals surface area contributed by atoms with Gasteiger partial charge in [0, 0.05) is 24.8 Å². The van der Waals surface area contributed by atoms with Gasteiger partial charge in [-0.2, -0.15) is 0 Å². The van der Waals surface area contributed by atoms with Crippen LogP contribution in [-0.4, -0.2) is 25.9 Å². The lowest BCUT2D eigenvalue weighted by Gasteiger charge is -2.18. The Balaban J connectivity index is 1.13. The Kier molecular flexibility index (Phi) is 5.41. The van der Waals surface area contributed by atoms with Crippen molar-refractivity contribution in [2.45, 2.75) is 19.5 Å². The zero-order chi connectivity index (χ0) is 21.9. The summed E-state index contributed by atoms with van der Waals surface area (Å²) in [7, 11) is 0. The number of hydrogen-bond acceptors (Lipinski definition) is 7. The normalized spacial score (nSPS) is 13.7. The number of amides is 1. The Morgan fingerprint density at radius 2 is 1.97 bits per heavy atom. The van der Waals surface area contributed by atoms with Gasteiger partial charge in [0.25, 0.3) is 5.91 Å². The Morgan fingerprint density at radius 1 is 1.09 bits per heavy atom. The van der Waals surface area contributed by atoms with Crippen LogP contribution >= 0.6 is 0 Å². The molecule has 1 amide bonds. The second kappa shape index (κ2) is 8.66. The monoisotopic (exact) mass is 434 g/mol. The molecule has 8 nitrogen and oxygen atoms in total. The highest BCUT2D eigenvalue weighted by atomic mass is 16.7. The molecule has 0 saturated carbocycles. The van der Waals surface area contributed by atoms with Crippen molar-refractivity contribution in [2.75, 3.05) is 24.8 Å². The summed E-state index contributed by atoms with van der Waals surface area (Å²) in [5, 5.41) is 2.75. The minimum Gasteiger partial charge on any atom is -0.477 e. The van der Waals surface area contributed by atoms with Crippen molar-refractivity contribution in [3.63, 3.8) is 0 Å². The summed E-state index contributed by atoms with van der Waals surface area (Å²) >= 11 is 0. The van der Waals surface area contributed by atoms with Crippen LogP contribution in [0.1, 0.15) is 16.9 Å². The molecule has 3 aromatic rings. The van der Waals surface area contributed by atoms with Gasteiger partial charge in [0.05, 0.1) is 6.54 Å². The van der Waals surface area contributed by atoms with Crippen LogP contribution in [0.4, 0.5) is 5.69 Å². The molecule has 164 valence electrons. The maximum absolute atomic E-state index is 12.4. The second-order valence-electron chi connectivity index (χ2n) is 7.63. The van der Waals surface area contributed by atoms with E-state index in [0.29, 0.717) is 30.3 Å². The molecule has 0 saturated heterocycles. The van der Waals surface area contributed by atoms with E-state index in [0.717, 1.165) is 24.2 Å². The van der Waals surface area contributed by atoms with E-state index in [1.807, 2.05) is 24.3 Å². The Morgan fingerprint density at radius 3 is 2.88 bits per heavy atom. The number of benzene rings is 2. The van der Waals surface area contributed by atoms with Crippen LogP contribution in [0, 0.1) is 0 Å². The molecule has 3 heterocycles. The van der Waals surface area contributed by atoms with Crippen LogP contribution < -0.4 is 29.9 Å². The van der Waals surface area contributed by atoms with Gasteiger partial charge in [-0.3, -0.25) is 9.59 Å². The SMILES string of the molecule is O=C(COc1coc(CN2CCc3ccccc32)cc1=O)NCc1ccc2c(c1)OCO2. The molecule has 32 heavy (non-hydrogen) atoms. The van der Waals surface area contributed by atoms with Gasteiger partial charge in [-0.15, -0.1) is 0 Å². The van der Waals surface area contributed by atoms with Crippen molar-refractivity contribution < 1.29 is 23.4 Å². The lowest BCUT2D eigenvalue weighted by atomic mass is 10.2. The molecule has 0 bridgehead atoms. The number of carbonyl (C=O) groups is 1. The van der Waals surface area contributed by atoms with Crippen LogP contribution in [0.15, 0.2) is 64.0 Å².